The standard InChI is InChI=1S/C12H17NO2S/c1-12(15)4-2-6-13(7-5-12)11(14)10-3-8-16-9-10/h3,8-9,15H,2,4-7H2,1H3. The lowest BCUT2D eigenvalue weighted by molar-refractivity contribution is 0.0438. The van der Waals surface area contributed by atoms with Crippen molar-refractivity contribution in [3.05, 3.63) is 22.4 Å². The van der Waals surface area contributed by atoms with E-state index in [-0.39, 0.29) is 5.91 Å². The maximum Gasteiger partial charge on any atom is 0.254 e. The number of carbonyl (C=O) groups excluding carboxylic acids is 1. The summed E-state index contributed by atoms with van der Waals surface area (Å²) in [6.45, 7) is 3.26. The Labute approximate surface area is 99.7 Å². The van der Waals surface area contributed by atoms with Crippen LogP contribution < -0.4 is 0 Å². The van der Waals surface area contributed by atoms with Crippen LogP contribution in [0.5, 0.6) is 0 Å². The number of amides is 1. The third kappa shape index (κ3) is 2.62. The fraction of sp³-hybridized carbons (Fsp3) is 0.583. The highest BCUT2D eigenvalue weighted by molar-refractivity contribution is 7.08. The van der Waals surface area contributed by atoms with Crippen molar-refractivity contribution in [2.45, 2.75) is 31.8 Å². The molecule has 1 aromatic heterocycles. The molecule has 4 heteroatoms. The molecule has 1 atom stereocenters. The van der Waals surface area contributed by atoms with Crippen LogP contribution in [0.4, 0.5) is 0 Å². The highest BCUT2D eigenvalue weighted by Crippen LogP contribution is 2.22. The summed E-state index contributed by atoms with van der Waals surface area (Å²) in [5.41, 5.74) is 0.162. The van der Waals surface area contributed by atoms with Crippen molar-refractivity contribution in [2.24, 2.45) is 0 Å². The number of carbonyl (C=O) groups is 1. The van der Waals surface area contributed by atoms with Crippen LogP contribution in [0, 0.1) is 0 Å². The van der Waals surface area contributed by atoms with Gasteiger partial charge in [-0.05, 0) is 37.6 Å². The Morgan fingerprint density at radius 2 is 2.31 bits per heavy atom. The molecule has 1 aliphatic heterocycles. The zero-order valence-corrected chi connectivity index (χ0v) is 10.3. The number of hydrogen-bond acceptors (Lipinski definition) is 3. The van der Waals surface area contributed by atoms with Gasteiger partial charge in [-0.2, -0.15) is 11.3 Å². The second-order valence-electron chi connectivity index (χ2n) is 4.65. The van der Waals surface area contributed by atoms with Gasteiger partial charge in [0.2, 0.25) is 0 Å². The summed E-state index contributed by atoms with van der Waals surface area (Å²) in [4.78, 5) is 13.9. The quantitative estimate of drug-likeness (QED) is 0.815. The third-order valence-electron chi connectivity index (χ3n) is 3.12. The topological polar surface area (TPSA) is 40.5 Å². The van der Waals surface area contributed by atoms with E-state index >= 15 is 0 Å². The monoisotopic (exact) mass is 239 g/mol. The zero-order chi connectivity index (χ0) is 11.6. The molecular weight excluding hydrogens is 222 g/mol. The molecule has 16 heavy (non-hydrogen) atoms. The molecule has 2 rings (SSSR count). The smallest absolute Gasteiger partial charge is 0.254 e. The van der Waals surface area contributed by atoms with Gasteiger partial charge in [0.25, 0.3) is 5.91 Å². The summed E-state index contributed by atoms with van der Waals surface area (Å²) >= 11 is 1.54. The maximum absolute atomic E-state index is 12.1. The molecule has 1 aromatic rings. The predicted octanol–water partition coefficient (Wildman–Crippen LogP) is 2.13. The van der Waals surface area contributed by atoms with E-state index in [0.29, 0.717) is 13.0 Å². The van der Waals surface area contributed by atoms with Gasteiger partial charge in [-0.25, -0.2) is 0 Å². The predicted molar refractivity (Wildman–Crippen MR) is 64.7 cm³/mol. The van der Waals surface area contributed by atoms with E-state index in [1.165, 1.54) is 0 Å². The van der Waals surface area contributed by atoms with Crippen LogP contribution in [-0.4, -0.2) is 34.6 Å². The molecule has 88 valence electrons. The minimum atomic E-state index is -0.607. The normalized spacial score (nSPS) is 26.5. The molecule has 1 unspecified atom stereocenters. The van der Waals surface area contributed by atoms with Gasteiger partial charge in [0.15, 0.2) is 0 Å². The van der Waals surface area contributed by atoms with Gasteiger partial charge in [-0.3, -0.25) is 4.79 Å². The Hall–Kier alpha value is -0.870. The largest absolute Gasteiger partial charge is 0.390 e. The second kappa shape index (κ2) is 4.55. The van der Waals surface area contributed by atoms with Crippen molar-refractivity contribution in [1.29, 1.82) is 0 Å². The molecular formula is C12H17NO2S. The van der Waals surface area contributed by atoms with Gasteiger partial charge in [0.05, 0.1) is 11.2 Å². The lowest BCUT2D eigenvalue weighted by Gasteiger charge is -2.22. The molecule has 0 bridgehead atoms. The molecule has 1 aliphatic rings. The third-order valence-corrected chi connectivity index (χ3v) is 3.80. The highest BCUT2D eigenvalue weighted by Gasteiger charge is 2.27. The average molecular weight is 239 g/mol. The fourth-order valence-electron chi connectivity index (χ4n) is 2.04. The Morgan fingerprint density at radius 1 is 1.50 bits per heavy atom. The molecule has 1 saturated heterocycles. The summed E-state index contributed by atoms with van der Waals surface area (Å²) < 4.78 is 0. The zero-order valence-electron chi connectivity index (χ0n) is 9.48. The van der Waals surface area contributed by atoms with Crippen LogP contribution in [0.25, 0.3) is 0 Å². The number of aliphatic hydroxyl groups is 1. The maximum atomic E-state index is 12.1. The van der Waals surface area contributed by atoms with Gasteiger partial charge in [0, 0.05) is 18.5 Å². The van der Waals surface area contributed by atoms with Crippen molar-refractivity contribution >= 4 is 17.2 Å². The molecule has 0 spiro atoms. The number of likely N-dealkylation sites (tertiary alicyclic amines) is 1. The van der Waals surface area contributed by atoms with Crippen molar-refractivity contribution in [3.63, 3.8) is 0 Å². The Kier molecular flexibility index (Phi) is 3.30. The molecule has 0 aliphatic carbocycles. The van der Waals surface area contributed by atoms with Crippen LogP contribution >= 0.6 is 11.3 Å². The van der Waals surface area contributed by atoms with E-state index in [4.69, 9.17) is 0 Å². The Balaban J connectivity index is 2.03. The van der Waals surface area contributed by atoms with E-state index in [0.717, 1.165) is 24.9 Å². The average Bonchev–Trinajstić information content (AvgIpc) is 2.69. The first-order valence-corrected chi connectivity index (χ1v) is 6.57. The van der Waals surface area contributed by atoms with Gasteiger partial charge >= 0.3 is 0 Å². The minimum absolute atomic E-state index is 0.0963. The molecule has 2 heterocycles. The van der Waals surface area contributed by atoms with Gasteiger partial charge in [-0.15, -0.1) is 0 Å². The number of nitrogens with zero attached hydrogens (tertiary/aromatic N) is 1. The fourth-order valence-corrected chi connectivity index (χ4v) is 2.66. The van der Waals surface area contributed by atoms with Crippen molar-refractivity contribution in [2.75, 3.05) is 13.1 Å². The van der Waals surface area contributed by atoms with E-state index in [2.05, 4.69) is 0 Å². The summed E-state index contributed by atoms with van der Waals surface area (Å²) in [6.07, 6.45) is 2.33. The van der Waals surface area contributed by atoms with E-state index in [9.17, 15) is 9.90 Å². The van der Waals surface area contributed by atoms with Crippen molar-refractivity contribution in [3.8, 4) is 0 Å². The summed E-state index contributed by atoms with van der Waals surface area (Å²) in [5.74, 6) is 0.0963. The van der Waals surface area contributed by atoms with Crippen LogP contribution in [0.15, 0.2) is 16.8 Å². The Morgan fingerprint density at radius 3 is 3.00 bits per heavy atom. The van der Waals surface area contributed by atoms with Crippen molar-refractivity contribution < 1.29 is 9.90 Å². The van der Waals surface area contributed by atoms with Gasteiger partial charge < -0.3 is 10.0 Å². The first-order valence-electron chi connectivity index (χ1n) is 5.62. The molecule has 0 saturated carbocycles. The molecule has 3 nitrogen and oxygen atoms in total. The number of thiophene rings is 1. The minimum Gasteiger partial charge on any atom is -0.390 e. The van der Waals surface area contributed by atoms with Crippen LogP contribution in [0.3, 0.4) is 0 Å². The van der Waals surface area contributed by atoms with Crippen LogP contribution in [0.2, 0.25) is 0 Å². The van der Waals surface area contributed by atoms with E-state index in [1.54, 1.807) is 11.3 Å². The molecule has 0 radical (unpaired) electrons. The first-order chi connectivity index (χ1) is 7.58. The molecule has 1 amide bonds. The Bertz CT molecular complexity index is 359. The summed E-state index contributed by atoms with van der Waals surface area (Å²) in [7, 11) is 0. The molecule has 1 fully saturated rings. The van der Waals surface area contributed by atoms with Crippen LogP contribution in [0.1, 0.15) is 36.5 Å². The second-order valence-corrected chi connectivity index (χ2v) is 5.43. The van der Waals surface area contributed by atoms with Crippen LogP contribution in [-0.2, 0) is 0 Å². The summed E-state index contributed by atoms with van der Waals surface area (Å²) in [6, 6.07) is 1.86. The first kappa shape index (κ1) is 11.6. The summed E-state index contributed by atoms with van der Waals surface area (Å²) in [5, 5.41) is 13.7. The van der Waals surface area contributed by atoms with Gasteiger partial charge in [0.1, 0.15) is 0 Å². The SMILES string of the molecule is CC1(O)CCCN(C(=O)c2ccsc2)CC1. The highest BCUT2D eigenvalue weighted by atomic mass is 32.1. The number of rotatable bonds is 1. The van der Waals surface area contributed by atoms with E-state index < -0.39 is 5.60 Å². The lowest BCUT2D eigenvalue weighted by Crippen LogP contribution is -2.33. The van der Waals surface area contributed by atoms with Gasteiger partial charge in [-0.1, -0.05) is 0 Å². The molecule has 1 N–H and O–H groups in total. The van der Waals surface area contributed by atoms with E-state index in [1.807, 2.05) is 28.7 Å². The lowest BCUT2D eigenvalue weighted by atomic mass is 9.98. The molecule has 0 aromatic carbocycles. The number of hydrogen-bond donors (Lipinski definition) is 1. The van der Waals surface area contributed by atoms with Crippen molar-refractivity contribution in [1.82, 2.24) is 4.90 Å².